The number of aromatic nitrogens is 2. The van der Waals surface area contributed by atoms with Crippen LogP contribution in [-0.2, 0) is 11.3 Å². The summed E-state index contributed by atoms with van der Waals surface area (Å²) in [6.07, 6.45) is 0. The predicted molar refractivity (Wildman–Crippen MR) is 149 cm³/mol. The Balaban J connectivity index is 1.06. The maximum absolute atomic E-state index is 5.47. The van der Waals surface area contributed by atoms with Crippen LogP contribution < -0.4 is 0 Å². The number of fused-ring (bicyclic) bond motifs is 1. The average molecular weight is 502 g/mol. The summed E-state index contributed by atoms with van der Waals surface area (Å²) in [5, 5.41) is 0. The van der Waals surface area contributed by atoms with Gasteiger partial charge in [0.25, 0.3) is 0 Å². The Bertz CT molecular complexity index is 1300. The summed E-state index contributed by atoms with van der Waals surface area (Å²) in [6.45, 7) is 14.0. The fourth-order valence-corrected chi connectivity index (χ4v) is 6.22. The Morgan fingerprint density at radius 3 is 2.36 bits per heavy atom. The van der Waals surface area contributed by atoms with E-state index in [0.717, 1.165) is 75.9 Å². The van der Waals surface area contributed by atoms with E-state index in [1.807, 2.05) is 0 Å². The van der Waals surface area contributed by atoms with Crippen molar-refractivity contribution in [1.82, 2.24) is 24.7 Å². The van der Waals surface area contributed by atoms with Crippen molar-refractivity contribution in [3.05, 3.63) is 65.7 Å². The lowest BCUT2D eigenvalue weighted by Crippen LogP contribution is -2.49. The zero-order valence-corrected chi connectivity index (χ0v) is 21.9. The van der Waals surface area contributed by atoms with Gasteiger partial charge in [-0.15, -0.1) is 11.3 Å². The summed E-state index contributed by atoms with van der Waals surface area (Å²) in [5.41, 5.74) is 6.05. The highest BCUT2D eigenvalue weighted by Gasteiger charge is 2.19. The summed E-state index contributed by atoms with van der Waals surface area (Å²) < 4.78 is 5.47. The minimum atomic E-state index is 0.888. The molecule has 6 nitrogen and oxygen atoms in total. The number of nitrogens with zero attached hydrogens (tertiary/aromatic N) is 4. The van der Waals surface area contributed by atoms with Gasteiger partial charge in [-0.1, -0.05) is 30.3 Å². The number of piperazine rings is 1. The van der Waals surface area contributed by atoms with Crippen LogP contribution in [0.4, 0.5) is 0 Å². The van der Waals surface area contributed by atoms with E-state index in [1.165, 1.54) is 39.5 Å². The largest absolute Gasteiger partial charge is 0.379 e. The first-order valence-electron chi connectivity index (χ1n) is 13.1. The van der Waals surface area contributed by atoms with Crippen molar-refractivity contribution in [2.45, 2.75) is 13.5 Å². The van der Waals surface area contributed by atoms with Gasteiger partial charge in [0.05, 0.1) is 29.1 Å². The molecule has 0 radical (unpaired) electrons. The van der Waals surface area contributed by atoms with Crippen molar-refractivity contribution in [3.63, 3.8) is 0 Å². The molecule has 0 spiro atoms. The van der Waals surface area contributed by atoms with Crippen LogP contribution in [0.25, 0.3) is 32.2 Å². The summed E-state index contributed by atoms with van der Waals surface area (Å²) in [4.78, 5) is 18.6. The van der Waals surface area contributed by atoms with Crippen LogP contribution in [0.1, 0.15) is 11.1 Å². The van der Waals surface area contributed by atoms with Gasteiger partial charge in [-0.2, -0.15) is 0 Å². The second-order valence-electron chi connectivity index (χ2n) is 9.99. The Hall–Kier alpha value is -2.55. The van der Waals surface area contributed by atoms with E-state index in [-0.39, 0.29) is 0 Å². The van der Waals surface area contributed by atoms with Gasteiger partial charge in [0.2, 0.25) is 0 Å². The molecule has 7 heteroatoms. The number of hydrogen-bond acceptors (Lipinski definition) is 6. The normalized spacial score (nSPS) is 18.2. The molecule has 36 heavy (non-hydrogen) atoms. The molecule has 4 aromatic rings. The molecule has 2 aromatic carbocycles. The smallest absolute Gasteiger partial charge is 0.148 e. The Morgan fingerprint density at radius 2 is 1.56 bits per heavy atom. The van der Waals surface area contributed by atoms with Gasteiger partial charge in [0.1, 0.15) is 5.82 Å². The van der Waals surface area contributed by atoms with Crippen LogP contribution in [0.5, 0.6) is 0 Å². The number of ether oxygens (including phenoxy) is 1. The number of hydrogen-bond donors (Lipinski definition) is 1. The molecular weight excluding hydrogens is 466 g/mol. The number of rotatable bonds is 7. The monoisotopic (exact) mass is 501 g/mol. The highest BCUT2D eigenvalue weighted by atomic mass is 32.1. The molecule has 0 aliphatic carbocycles. The first-order valence-corrected chi connectivity index (χ1v) is 13.9. The van der Waals surface area contributed by atoms with Crippen molar-refractivity contribution in [1.29, 1.82) is 0 Å². The number of nitrogens with one attached hydrogen (secondary N) is 1. The maximum Gasteiger partial charge on any atom is 0.148 e. The number of morpholine rings is 1. The minimum Gasteiger partial charge on any atom is -0.379 e. The summed E-state index contributed by atoms with van der Waals surface area (Å²) >= 11 is 1.81. The number of imidazole rings is 1. The van der Waals surface area contributed by atoms with E-state index in [4.69, 9.17) is 9.72 Å². The van der Waals surface area contributed by atoms with Gasteiger partial charge < -0.3 is 9.72 Å². The molecule has 0 unspecified atom stereocenters. The van der Waals surface area contributed by atoms with Crippen molar-refractivity contribution in [2.24, 2.45) is 0 Å². The molecule has 4 heterocycles. The van der Waals surface area contributed by atoms with Gasteiger partial charge in [-0.3, -0.25) is 14.7 Å². The van der Waals surface area contributed by atoms with Crippen LogP contribution in [0, 0.1) is 6.92 Å². The Morgan fingerprint density at radius 1 is 0.833 bits per heavy atom. The molecule has 2 fully saturated rings. The van der Waals surface area contributed by atoms with Gasteiger partial charge in [0.15, 0.2) is 0 Å². The number of aryl methyl sites for hydroxylation is 1. The second kappa shape index (κ2) is 10.8. The lowest BCUT2D eigenvalue weighted by molar-refractivity contribution is 0.0297. The predicted octanol–water partition coefficient (Wildman–Crippen LogP) is 4.72. The standard InChI is InChI=1S/C29H35N5OS/c1-22-4-2-7-25-28(22)31-29(30-25)27-9-8-26(36-27)24-6-3-5-23(20-24)21-34-14-12-32(13-15-34)10-11-33-16-18-35-19-17-33/h2-9,20H,10-19,21H2,1H3,(H,30,31). The lowest BCUT2D eigenvalue weighted by Gasteiger charge is -2.36. The van der Waals surface area contributed by atoms with Crippen LogP contribution in [0.3, 0.4) is 0 Å². The quantitative estimate of drug-likeness (QED) is 0.397. The van der Waals surface area contributed by atoms with E-state index < -0.39 is 0 Å². The van der Waals surface area contributed by atoms with Crippen molar-refractivity contribution >= 4 is 22.4 Å². The molecule has 2 aromatic heterocycles. The zero-order valence-electron chi connectivity index (χ0n) is 21.1. The number of H-pyrrole nitrogens is 1. The molecule has 188 valence electrons. The van der Waals surface area contributed by atoms with Crippen molar-refractivity contribution in [3.8, 4) is 21.1 Å². The van der Waals surface area contributed by atoms with E-state index in [2.05, 4.69) is 81.2 Å². The van der Waals surface area contributed by atoms with Crippen LogP contribution >= 0.6 is 11.3 Å². The molecule has 6 rings (SSSR count). The fraction of sp³-hybridized carbons (Fsp3) is 0.414. The summed E-state index contributed by atoms with van der Waals surface area (Å²) in [7, 11) is 0. The third kappa shape index (κ3) is 5.41. The molecular formula is C29H35N5OS. The summed E-state index contributed by atoms with van der Waals surface area (Å²) in [5.74, 6) is 0.957. The average Bonchev–Trinajstić information content (AvgIpc) is 3.58. The number of thiophene rings is 1. The number of aromatic amines is 1. The second-order valence-corrected chi connectivity index (χ2v) is 11.1. The molecule has 0 amide bonds. The Kier molecular flexibility index (Phi) is 7.16. The number of para-hydroxylation sites is 1. The molecule has 2 aliphatic rings. The summed E-state index contributed by atoms with van der Waals surface area (Å²) in [6, 6.07) is 19.8. The first-order chi connectivity index (χ1) is 17.7. The third-order valence-corrected chi connectivity index (χ3v) is 8.61. The minimum absolute atomic E-state index is 0.888. The number of benzene rings is 2. The van der Waals surface area contributed by atoms with Gasteiger partial charge >= 0.3 is 0 Å². The van der Waals surface area contributed by atoms with Gasteiger partial charge in [-0.05, 0) is 47.9 Å². The molecule has 0 atom stereocenters. The zero-order chi connectivity index (χ0) is 24.3. The molecule has 0 bridgehead atoms. The molecule has 0 saturated carbocycles. The first kappa shape index (κ1) is 23.8. The maximum atomic E-state index is 5.47. The molecule has 1 N–H and O–H groups in total. The SMILES string of the molecule is Cc1cccc2[nH]c(-c3ccc(-c4cccc(CN5CCN(CCN6CCOCC6)CC5)c4)s3)nc12. The topological polar surface area (TPSA) is 47.6 Å². The Labute approximate surface area is 217 Å². The van der Waals surface area contributed by atoms with Crippen LogP contribution in [0.2, 0.25) is 0 Å². The highest BCUT2D eigenvalue weighted by molar-refractivity contribution is 7.18. The van der Waals surface area contributed by atoms with E-state index in [0.29, 0.717) is 0 Å². The van der Waals surface area contributed by atoms with Crippen molar-refractivity contribution in [2.75, 3.05) is 65.6 Å². The van der Waals surface area contributed by atoms with Gasteiger partial charge in [0, 0.05) is 63.8 Å². The van der Waals surface area contributed by atoms with Crippen LogP contribution in [0.15, 0.2) is 54.6 Å². The third-order valence-electron chi connectivity index (χ3n) is 7.47. The van der Waals surface area contributed by atoms with E-state index in [1.54, 1.807) is 11.3 Å². The van der Waals surface area contributed by atoms with Crippen molar-refractivity contribution < 1.29 is 4.74 Å². The van der Waals surface area contributed by atoms with E-state index >= 15 is 0 Å². The fourth-order valence-electron chi connectivity index (χ4n) is 5.27. The van der Waals surface area contributed by atoms with Crippen LogP contribution in [-0.4, -0.2) is 90.2 Å². The van der Waals surface area contributed by atoms with Gasteiger partial charge in [-0.25, -0.2) is 4.98 Å². The highest BCUT2D eigenvalue weighted by Crippen LogP contribution is 2.34. The van der Waals surface area contributed by atoms with E-state index in [9.17, 15) is 0 Å². The molecule has 2 aliphatic heterocycles. The molecule has 2 saturated heterocycles. The lowest BCUT2D eigenvalue weighted by atomic mass is 10.1.